The molecule has 3 fully saturated rings. The van der Waals surface area contributed by atoms with Crippen molar-refractivity contribution < 1.29 is 9.59 Å². The van der Waals surface area contributed by atoms with Crippen LogP contribution in [0, 0.1) is 0 Å². The second-order valence-corrected chi connectivity index (χ2v) is 7.10. The molecule has 3 saturated heterocycles. The van der Waals surface area contributed by atoms with Gasteiger partial charge < -0.3 is 15.1 Å². The van der Waals surface area contributed by atoms with Crippen LogP contribution in [0.2, 0.25) is 0 Å². The zero-order valence-electron chi connectivity index (χ0n) is 14.1. The van der Waals surface area contributed by atoms with Gasteiger partial charge in [-0.1, -0.05) is 0 Å². The molecule has 6 heteroatoms. The third-order valence-corrected chi connectivity index (χ3v) is 5.38. The van der Waals surface area contributed by atoms with Crippen molar-refractivity contribution in [1.29, 1.82) is 0 Å². The maximum atomic E-state index is 12.3. The van der Waals surface area contributed by atoms with Crippen molar-refractivity contribution >= 4 is 11.8 Å². The van der Waals surface area contributed by atoms with Crippen LogP contribution in [0.25, 0.3) is 0 Å². The summed E-state index contributed by atoms with van der Waals surface area (Å²) in [6.45, 7) is 6.58. The third kappa shape index (κ3) is 4.67. The van der Waals surface area contributed by atoms with E-state index in [0.717, 1.165) is 65.1 Å². The van der Waals surface area contributed by atoms with E-state index in [4.69, 9.17) is 0 Å². The lowest BCUT2D eigenvalue weighted by Gasteiger charge is -2.36. The Morgan fingerprint density at radius 2 is 1.52 bits per heavy atom. The molecule has 0 aromatic carbocycles. The highest BCUT2D eigenvalue weighted by atomic mass is 16.2. The summed E-state index contributed by atoms with van der Waals surface area (Å²) in [6, 6.07) is 0.376. The maximum Gasteiger partial charge on any atom is 0.236 e. The van der Waals surface area contributed by atoms with Gasteiger partial charge in [0.2, 0.25) is 11.8 Å². The van der Waals surface area contributed by atoms with Gasteiger partial charge in [-0.2, -0.15) is 0 Å². The molecule has 0 saturated carbocycles. The van der Waals surface area contributed by atoms with Gasteiger partial charge in [0.05, 0.1) is 6.54 Å². The van der Waals surface area contributed by atoms with E-state index in [1.165, 1.54) is 12.8 Å². The standard InChI is InChI=1S/C17H30N4O2/c22-16(13-15-5-4-6-18-15)21-11-9-19(10-12-21)14-17(23)20-7-2-1-3-8-20/h15,18H,1-14H2. The molecule has 0 aliphatic carbocycles. The van der Waals surface area contributed by atoms with Crippen LogP contribution in [0.4, 0.5) is 0 Å². The number of likely N-dealkylation sites (tertiary alicyclic amines) is 1. The molecule has 23 heavy (non-hydrogen) atoms. The summed E-state index contributed by atoms with van der Waals surface area (Å²) >= 11 is 0. The molecule has 1 N–H and O–H groups in total. The minimum absolute atomic E-state index is 0.264. The number of nitrogens with zero attached hydrogens (tertiary/aromatic N) is 3. The van der Waals surface area contributed by atoms with Crippen molar-refractivity contribution in [3.8, 4) is 0 Å². The second-order valence-electron chi connectivity index (χ2n) is 7.10. The number of hydrogen-bond acceptors (Lipinski definition) is 4. The predicted molar refractivity (Wildman–Crippen MR) is 89.1 cm³/mol. The summed E-state index contributed by atoms with van der Waals surface area (Å²) in [4.78, 5) is 30.8. The first kappa shape index (κ1) is 16.7. The van der Waals surface area contributed by atoms with E-state index >= 15 is 0 Å². The number of carbonyl (C=O) groups is 2. The summed E-state index contributed by atoms with van der Waals surface area (Å²) in [5.74, 6) is 0.533. The number of rotatable bonds is 4. The fourth-order valence-corrected chi connectivity index (χ4v) is 3.86. The summed E-state index contributed by atoms with van der Waals surface area (Å²) in [5.41, 5.74) is 0. The second kappa shape index (κ2) is 8.11. The highest BCUT2D eigenvalue weighted by Gasteiger charge is 2.26. The molecular formula is C17H30N4O2. The zero-order valence-corrected chi connectivity index (χ0v) is 14.1. The maximum absolute atomic E-state index is 12.3. The van der Waals surface area contributed by atoms with Crippen LogP contribution in [-0.2, 0) is 9.59 Å². The zero-order chi connectivity index (χ0) is 16.1. The molecule has 0 spiro atoms. The molecule has 3 aliphatic rings. The van der Waals surface area contributed by atoms with E-state index < -0.39 is 0 Å². The molecule has 0 bridgehead atoms. The van der Waals surface area contributed by atoms with E-state index in [1.54, 1.807) is 0 Å². The first-order valence-electron chi connectivity index (χ1n) is 9.23. The van der Waals surface area contributed by atoms with Crippen molar-refractivity contribution in [2.75, 3.05) is 52.4 Å². The average molecular weight is 322 g/mol. The fourth-order valence-electron chi connectivity index (χ4n) is 3.86. The van der Waals surface area contributed by atoms with Gasteiger partial charge in [0.25, 0.3) is 0 Å². The van der Waals surface area contributed by atoms with Crippen molar-refractivity contribution in [2.24, 2.45) is 0 Å². The van der Waals surface area contributed by atoms with Gasteiger partial charge in [0.15, 0.2) is 0 Å². The quantitative estimate of drug-likeness (QED) is 0.808. The number of nitrogens with one attached hydrogen (secondary N) is 1. The molecule has 0 aromatic rings. The number of carbonyl (C=O) groups excluding carboxylic acids is 2. The minimum atomic E-state index is 0.264. The lowest BCUT2D eigenvalue weighted by Crippen LogP contribution is -2.52. The summed E-state index contributed by atoms with van der Waals surface area (Å²) in [5, 5.41) is 3.39. The number of hydrogen-bond donors (Lipinski definition) is 1. The van der Waals surface area contributed by atoms with Crippen molar-refractivity contribution in [3.63, 3.8) is 0 Å². The molecular weight excluding hydrogens is 292 g/mol. The van der Waals surface area contributed by atoms with Crippen LogP contribution in [0.1, 0.15) is 38.5 Å². The van der Waals surface area contributed by atoms with Crippen LogP contribution in [0.3, 0.4) is 0 Å². The molecule has 2 amide bonds. The molecule has 1 unspecified atom stereocenters. The first-order valence-corrected chi connectivity index (χ1v) is 9.23. The summed E-state index contributed by atoms with van der Waals surface area (Å²) in [7, 11) is 0. The highest BCUT2D eigenvalue weighted by Crippen LogP contribution is 2.13. The van der Waals surface area contributed by atoms with Crippen LogP contribution in [0.5, 0.6) is 0 Å². The molecule has 3 heterocycles. The Morgan fingerprint density at radius 1 is 0.826 bits per heavy atom. The normalized spacial score (nSPS) is 26.5. The molecule has 0 aromatic heterocycles. The highest BCUT2D eigenvalue weighted by molar-refractivity contribution is 5.79. The molecule has 1 atom stereocenters. The Labute approximate surface area is 139 Å². The van der Waals surface area contributed by atoms with Gasteiger partial charge in [-0.3, -0.25) is 14.5 Å². The minimum Gasteiger partial charge on any atom is -0.342 e. The Morgan fingerprint density at radius 3 is 2.17 bits per heavy atom. The van der Waals surface area contributed by atoms with Crippen LogP contribution in [0.15, 0.2) is 0 Å². The van der Waals surface area contributed by atoms with Crippen molar-refractivity contribution in [2.45, 2.75) is 44.6 Å². The van der Waals surface area contributed by atoms with E-state index in [9.17, 15) is 9.59 Å². The number of piperazine rings is 1. The van der Waals surface area contributed by atoms with E-state index in [-0.39, 0.29) is 11.8 Å². The predicted octanol–water partition coefficient (Wildman–Crippen LogP) is 0.285. The van der Waals surface area contributed by atoms with Crippen LogP contribution >= 0.6 is 0 Å². The Hall–Kier alpha value is -1.14. The first-order chi connectivity index (χ1) is 11.2. The van der Waals surface area contributed by atoms with Gasteiger partial charge >= 0.3 is 0 Å². The summed E-state index contributed by atoms with van der Waals surface area (Å²) in [6.07, 6.45) is 6.47. The number of amides is 2. The Balaban J connectivity index is 1.37. The molecule has 0 radical (unpaired) electrons. The van der Waals surface area contributed by atoms with E-state index in [0.29, 0.717) is 19.0 Å². The molecule has 6 nitrogen and oxygen atoms in total. The van der Waals surface area contributed by atoms with Gasteiger partial charge in [0.1, 0.15) is 0 Å². The van der Waals surface area contributed by atoms with Gasteiger partial charge in [-0.15, -0.1) is 0 Å². The van der Waals surface area contributed by atoms with E-state index in [1.807, 2.05) is 9.80 Å². The summed E-state index contributed by atoms with van der Waals surface area (Å²) < 4.78 is 0. The topological polar surface area (TPSA) is 55.9 Å². The number of piperidine rings is 1. The van der Waals surface area contributed by atoms with Gasteiger partial charge in [0, 0.05) is 51.7 Å². The Bertz CT molecular complexity index is 409. The average Bonchev–Trinajstić information content (AvgIpc) is 3.09. The van der Waals surface area contributed by atoms with Crippen LogP contribution in [-0.4, -0.2) is 84.9 Å². The van der Waals surface area contributed by atoms with Gasteiger partial charge in [-0.05, 0) is 38.6 Å². The largest absolute Gasteiger partial charge is 0.342 e. The smallest absolute Gasteiger partial charge is 0.236 e. The molecule has 130 valence electrons. The van der Waals surface area contributed by atoms with Crippen LogP contribution < -0.4 is 5.32 Å². The lowest BCUT2D eigenvalue weighted by atomic mass is 10.1. The molecule has 3 rings (SSSR count). The van der Waals surface area contributed by atoms with E-state index in [2.05, 4.69) is 10.2 Å². The van der Waals surface area contributed by atoms with Gasteiger partial charge in [-0.25, -0.2) is 0 Å². The van der Waals surface area contributed by atoms with Crippen molar-refractivity contribution in [3.05, 3.63) is 0 Å². The lowest BCUT2D eigenvalue weighted by molar-refractivity contribution is -0.135. The van der Waals surface area contributed by atoms with Crippen molar-refractivity contribution in [1.82, 2.24) is 20.0 Å². The third-order valence-electron chi connectivity index (χ3n) is 5.38. The fraction of sp³-hybridized carbons (Fsp3) is 0.882. The molecule has 3 aliphatic heterocycles. The monoisotopic (exact) mass is 322 g/mol. The Kier molecular flexibility index (Phi) is 5.89. The SMILES string of the molecule is O=C(CC1CCCN1)N1CCN(CC(=O)N2CCCCC2)CC1.